The zero-order chi connectivity index (χ0) is 20.5. The fraction of sp³-hybridized carbons (Fsp3) is 0.292. The number of oxazole rings is 1. The Kier molecular flexibility index (Phi) is 4.83. The minimum absolute atomic E-state index is 0.0288. The van der Waals surface area contributed by atoms with Crippen LogP contribution in [0.1, 0.15) is 52.0 Å². The molecule has 0 aliphatic carbocycles. The summed E-state index contributed by atoms with van der Waals surface area (Å²) in [4.78, 5) is 24.1. The van der Waals surface area contributed by atoms with Crippen LogP contribution >= 0.6 is 0 Å². The van der Waals surface area contributed by atoms with Gasteiger partial charge in [-0.3, -0.25) is 4.79 Å². The van der Waals surface area contributed by atoms with Crippen molar-refractivity contribution in [2.45, 2.75) is 32.1 Å². The number of rotatable bonds is 4. The van der Waals surface area contributed by atoms with Gasteiger partial charge in [-0.25, -0.2) is 9.97 Å². The van der Waals surface area contributed by atoms with Gasteiger partial charge in [-0.1, -0.05) is 36.4 Å². The maximum Gasteiger partial charge on any atom is 0.274 e. The molecule has 0 saturated carbocycles. The predicted octanol–water partition coefficient (Wildman–Crippen LogP) is 4.24. The molecule has 4 heterocycles. The van der Waals surface area contributed by atoms with Crippen molar-refractivity contribution in [3.63, 3.8) is 0 Å². The molecule has 0 bridgehead atoms. The zero-order valence-corrected chi connectivity index (χ0v) is 17.0. The molecule has 152 valence electrons. The number of carbonyl (C=O) groups excluding carboxylic acids is 1. The average Bonchev–Trinajstić information content (AvgIpc) is 3.42. The van der Waals surface area contributed by atoms with E-state index in [1.54, 1.807) is 0 Å². The summed E-state index contributed by atoms with van der Waals surface area (Å²) in [5, 5.41) is 0. The Hall–Kier alpha value is -3.41. The van der Waals surface area contributed by atoms with Crippen molar-refractivity contribution >= 4 is 11.6 Å². The molecule has 1 saturated heterocycles. The SMILES string of the molecule is Cc1cccn2cc(C(=O)N3CCC[C@@H](c4ncc(Cc5ccccc5)o4)C3)nc12. The number of aromatic nitrogens is 3. The van der Waals surface area contributed by atoms with Crippen LogP contribution in [0.15, 0.2) is 65.5 Å². The Balaban J connectivity index is 1.31. The highest BCUT2D eigenvalue weighted by Crippen LogP contribution is 2.28. The van der Waals surface area contributed by atoms with Crippen LogP contribution in [0.4, 0.5) is 0 Å². The first-order valence-corrected chi connectivity index (χ1v) is 10.4. The third-order valence-electron chi connectivity index (χ3n) is 5.75. The van der Waals surface area contributed by atoms with E-state index in [0.717, 1.165) is 48.7 Å². The summed E-state index contributed by atoms with van der Waals surface area (Å²) in [6.45, 7) is 3.35. The highest BCUT2D eigenvalue weighted by Gasteiger charge is 2.29. The molecule has 6 nitrogen and oxygen atoms in total. The standard InChI is InChI=1S/C24H24N4O2/c1-17-7-5-11-27-16-21(26-22(17)27)24(29)28-12-6-10-19(15-28)23-25-14-20(30-23)13-18-8-3-2-4-9-18/h2-5,7-9,11,14,16,19H,6,10,12-13,15H2,1H3/t19-/m1/s1. The van der Waals surface area contributed by atoms with E-state index < -0.39 is 0 Å². The Bertz CT molecular complexity index is 1180. The van der Waals surface area contributed by atoms with Crippen LogP contribution in [0.2, 0.25) is 0 Å². The second kappa shape index (κ2) is 7.78. The molecule has 1 fully saturated rings. The fourth-order valence-corrected chi connectivity index (χ4v) is 4.17. The van der Waals surface area contributed by atoms with Crippen LogP contribution in [0.25, 0.3) is 5.65 Å². The smallest absolute Gasteiger partial charge is 0.274 e. The largest absolute Gasteiger partial charge is 0.445 e. The van der Waals surface area contributed by atoms with Gasteiger partial charge in [-0.15, -0.1) is 0 Å². The van der Waals surface area contributed by atoms with E-state index in [0.29, 0.717) is 12.2 Å². The summed E-state index contributed by atoms with van der Waals surface area (Å²) >= 11 is 0. The van der Waals surface area contributed by atoms with Crippen molar-refractivity contribution in [3.8, 4) is 0 Å². The molecule has 3 aromatic heterocycles. The number of carbonyl (C=O) groups is 1. The van der Waals surface area contributed by atoms with E-state index in [2.05, 4.69) is 22.1 Å². The Morgan fingerprint density at radius 2 is 2.07 bits per heavy atom. The highest BCUT2D eigenvalue weighted by atomic mass is 16.4. The van der Waals surface area contributed by atoms with Gasteiger partial charge in [0.05, 0.1) is 12.1 Å². The van der Waals surface area contributed by atoms with Crippen molar-refractivity contribution in [1.29, 1.82) is 0 Å². The van der Waals surface area contributed by atoms with Crippen LogP contribution in [0, 0.1) is 6.92 Å². The van der Waals surface area contributed by atoms with E-state index in [1.807, 2.05) is 65.1 Å². The van der Waals surface area contributed by atoms with Crippen LogP contribution in [-0.2, 0) is 6.42 Å². The lowest BCUT2D eigenvalue weighted by Gasteiger charge is -2.30. The summed E-state index contributed by atoms with van der Waals surface area (Å²) in [5.74, 6) is 1.67. The predicted molar refractivity (Wildman–Crippen MR) is 114 cm³/mol. The van der Waals surface area contributed by atoms with E-state index in [4.69, 9.17) is 4.42 Å². The Morgan fingerprint density at radius 1 is 1.20 bits per heavy atom. The molecule has 1 aromatic carbocycles. The van der Waals surface area contributed by atoms with Crippen LogP contribution < -0.4 is 0 Å². The number of fused-ring (bicyclic) bond motifs is 1. The Labute approximate surface area is 175 Å². The molecule has 0 radical (unpaired) electrons. The highest BCUT2D eigenvalue weighted by molar-refractivity contribution is 5.93. The number of benzene rings is 1. The van der Waals surface area contributed by atoms with E-state index >= 15 is 0 Å². The van der Waals surface area contributed by atoms with Crippen LogP contribution in [-0.4, -0.2) is 38.3 Å². The molecule has 6 heteroatoms. The second-order valence-corrected chi connectivity index (χ2v) is 7.97. The van der Waals surface area contributed by atoms with Crippen molar-refractivity contribution in [2.24, 2.45) is 0 Å². The van der Waals surface area contributed by atoms with Gasteiger partial charge in [0, 0.05) is 31.9 Å². The summed E-state index contributed by atoms with van der Waals surface area (Å²) in [6.07, 6.45) is 8.18. The number of pyridine rings is 1. The number of piperidine rings is 1. The van der Waals surface area contributed by atoms with Gasteiger partial charge in [-0.05, 0) is 37.0 Å². The molecule has 1 aliphatic heterocycles. The third-order valence-corrected chi connectivity index (χ3v) is 5.75. The molecular formula is C24H24N4O2. The number of hydrogen-bond acceptors (Lipinski definition) is 4. The summed E-state index contributed by atoms with van der Waals surface area (Å²) in [5.41, 5.74) is 3.57. The first kappa shape index (κ1) is 18.6. The van der Waals surface area contributed by atoms with Crippen LogP contribution in [0.5, 0.6) is 0 Å². The van der Waals surface area contributed by atoms with Gasteiger partial charge in [-0.2, -0.15) is 0 Å². The maximum atomic E-state index is 13.1. The van der Waals surface area contributed by atoms with Gasteiger partial charge < -0.3 is 13.7 Å². The lowest BCUT2D eigenvalue weighted by atomic mass is 9.98. The lowest BCUT2D eigenvalue weighted by molar-refractivity contribution is 0.0692. The number of hydrogen-bond donors (Lipinski definition) is 0. The van der Waals surface area contributed by atoms with Crippen molar-refractivity contribution < 1.29 is 9.21 Å². The lowest BCUT2D eigenvalue weighted by Crippen LogP contribution is -2.39. The van der Waals surface area contributed by atoms with Gasteiger partial charge in [0.1, 0.15) is 17.1 Å². The number of likely N-dealkylation sites (tertiary alicyclic amines) is 1. The zero-order valence-electron chi connectivity index (χ0n) is 17.0. The van der Waals surface area contributed by atoms with Gasteiger partial charge in [0.15, 0.2) is 5.89 Å². The molecule has 0 spiro atoms. The molecule has 0 N–H and O–H groups in total. The number of amides is 1. The first-order valence-electron chi connectivity index (χ1n) is 10.4. The topological polar surface area (TPSA) is 63.6 Å². The van der Waals surface area contributed by atoms with Crippen molar-refractivity contribution in [1.82, 2.24) is 19.3 Å². The molecule has 1 amide bonds. The second-order valence-electron chi connectivity index (χ2n) is 7.97. The molecule has 30 heavy (non-hydrogen) atoms. The molecule has 5 rings (SSSR count). The number of imidazole rings is 1. The maximum absolute atomic E-state index is 13.1. The van der Waals surface area contributed by atoms with Crippen molar-refractivity contribution in [3.05, 3.63) is 89.5 Å². The fourth-order valence-electron chi connectivity index (χ4n) is 4.17. The quantitative estimate of drug-likeness (QED) is 0.514. The molecule has 1 aliphatic rings. The van der Waals surface area contributed by atoms with Gasteiger partial charge in [0.2, 0.25) is 0 Å². The monoisotopic (exact) mass is 400 g/mol. The number of nitrogens with zero attached hydrogens (tertiary/aromatic N) is 4. The van der Waals surface area contributed by atoms with Gasteiger partial charge >= 0.3 is 0 Å². The Morgan fingerprint density at radius 3 is 2.90 bits per heavy atom. The number of aryl methyl sites for hydroxylation is 1. The molecule has 1 atom stereocenters. The van der Waals surface area contributed by atoms with Crippen molar-refractivity contribution in [2.75, 3.05) is 13.1 Å². The minimum atomic E-state index is -0.0288. The average molecular weight is 400 g/mol. The first-order chi connectivity index (χ1) is 14.7. The van der Waals surface area contributed by atoms with Crippen LogP contribution in [0.3, 0.4) is 0 Å². The summed E-state index contributed by atoms with van der Waals surface area (Å²) in [7, 11) is 0. The normalized spacial score (nSPS) is 16.8. The molecule has 0 unspecified atom stereocenters. The third kappa shape index (κ3) is 3.61. The van der Waals surface area contributed by atoms with E-state index in [-0.39, 0.29) is 11.8 Å². The summed E-state index contributed by atoms with van der Waals surface area (Å²) < 4.78 is 7.97. The molecular weight excluding hydrogens is 376 g/mol. The molecule has 4 aromatic rings. The minimum Gasteiger partial charge on any atom is -0.445 e. The summed E-state index contributed by atoms with van der Waals surface area (Å²) in [6, 6.07) is 14.2. The van der Waals surface area contributed by atoms with E-state index in [9.17, 15) is 4.79 Å². The van der Waals surface area contributed by atoms with Gasteiger partial charge in [0.25, 0.3) is 5.91 Å². The van der Waals surface area contributed by atoms with E-state index in [1.165, 1.54) is 5.56 Å².